The lowest BCUT2D eigenvalue weighted by molar-refractivity contribution is -0.121. The molecule has 0 aliphatic carbocycles. The molecule has 0 radical (unpaired) electrons. The summed E-state index contributed by atoms with van der Waals surface area (Å²) in [4.78, 5) is 25.9. The van der Waals surface area contributed by atoms with Crippen LogP contribution in [0.25, 0.3) is 0 Å². The molecule has 0 aromatic heterocycles. The summed E-state index contributed by atoms with van der Waals surface area (Å²) in [7, 11) is 0. The Morgan fingerprint density at radius 2 is 2.00 bits per heavy atom. The van der Waals surface area contributed by atoms with Crippen molar-refractivity contribution in [2.45, 2.75) is 75.6 Å². The standard InChI is InChI=1S/C20H36N4O2S/c1-15-8-12-24(13-9-15)11-5-4-10-21-18(25)7-3-2-6-17-19-16(14-27-17)22-20(26)23-19/h15-17,19H,2-14H2,1H3,(H,21,25)(H2,22,23,26)/t16-,17-,19-/m0/s1. The Morgan fingerprint density at radius 1 is 1.19 bits per heavy atom. The van der Waals surface area contributed by atoms with Gasteiger partial charge in [-0.05, 0) is 64.1 Å². The molecule has 3 saturated heterocycles. The highest BCUT2D eigenvalue weighted by molar-refractivity contribution is 8.00. The maximum Gasteiger partial charge on any atom is 0.315 e. The molecule has 3 aliphatic heterocycles. The minimum absolute atomic E-state index is 0.0236. The number of nitrogens with one attached hydrogen (secondary N) is 3. The number of piperidine rings is 1. The van der Waals surface area contributed by atoms with E-state index in [2.05, 4.69) is 27.8 Å². The second-order valence-electron chi connectivity index (χ2n) is 8.45. The number of urea groups is 1. The van der Waals surface area contributed by atoms with Gasteiger partial charge in [0.2, 0.25) is 5.91 Å². The number of hydrogen-bond donors (Lipinski definition) is 3. The van der Waals surface area contributed by atoms with Gasteiger partial charge in [0.15, 0.2) is 0 Å². The molecule has 27 heavy (non-hydrogen) atoms. The molecular weight excluding hydrogens is 360 g/mol. The molecule has 0 aromatic carbocycles. The fourth-order valence-electron chi connectivity index (χ4n) is 4.34. The van der Waals surface area contributed by atoms with E-state index in [4.69, 9.17) is 0 Å². The zero-order valence-electron chi connectivity index (χ0n) is 16.7. The minimum Gasteiger partial charge on any atom is -0.356 e. The van der Waals surface area contributed by atoms with Crippen molar-refractivity contribution < 1.29 is 9.59 Å². The third-order valence-corrected chi connectivity index (χ3v) is 7.69. The molecule has 0 aromatic rings. The number of fused-ring (bicyclic) bond motifs is 1. The van der Waals surface area contributed by atoms with Crippen LogP contribution in [0.2, 0.25) is 0 Å². The molecule has 3 rings (SSSR count). The molecule has 3 atom stereocenters. The van der Waals surface area contributed by atoms with Gasteiger partial charge in [-0.1, -0.05) is 13.3 Å². The lowest BCUT2D eigenvalue weighted by atomic mass is 9.99. The minimum atomic E-state index is -0.0236. The molecule has 3 heterocycles. The maximum absolute atomic E-state index is 12.0. The molecule has 0 unspecified atom stereocenters. The average molecular weight is 397 g/mol. The van der Waals surface area contributed by atoms with E-state index in [0.29, 0.717) is 17.7 Å². The van der Waals surface area contributed by atoms with Crippen LogP contribution in [0.1, 0.15) is 58.3 Å². The summed E-state index contributed by atoms with van der Waals surface area (Å²) in [5.74, 6) is 2.09. The molecule has 3 N–H and O–H groups in total. The van der Waals surface area contributed by atoms with Crippen molar-refractivity contribution in [3.8, 4) is 0 Å². The smallest absolute Gasteiger partial charge is 0.315 e. The Morgan fingerprint density at radius 3 is 2.81 bits per heavy atom. The third-order valence-electron chi connectivity index (χ3n) is 6.18. The van der Waals surface area contributed by atoms with Crippen LogP contribution in [0.3, 0.4) is 0 Å². The molecule has 3 amide bonds. The predicted octanol–water partition coefficient (Wildman–Crippen LogP) is 2.34. The number of unbranched alkanes of at least 4 members (excludes halogenated alkanes) is 2. The van der Waals surface area contributed by atoms with Gasteiger partial charge in [-0.25, -0.2) is 4.79 Å². The Balaban J connectivity index is 1.15. The van der Waals surface area contributed by atoms with Crippen LogP contribution in [-0.4, -0.2) is 66.1 Å². The second-order valence-corrected chi connectivity index (χ2v) is 9.72. The first-order chi connectivity index (χ1) is 13.1. The van der Waals surface area contributed by atoms with Gasteiger partial charge in [-0.3, -0.25) is 4.79 Å². The number of thioether (sulfide) groups is 1. The van der Waals surface area contributed by atoms with Crippen molar-refractivity contribution in [2.24, 2.45) is 5.92 Å². The van der Waals surface area contributed by atoms with Gasteiger partial charge < -0.3 is 20.9 Å². The topological polar surface area (TPSA) is 73.5 Å². The van der Waals surface area contributed by atoms with Gasteiger partial charge in [0.1, 0.15) is 0 Å². The summed E-state index contributed by atoms with van der Waals surface area (Å²) >= 11 is 1.94. The van der Waals surface area contributed by atoms with E-state index in [0.717, 1.165) is 43.9 Å². The predicted molar refractivity (Wildman–Crippen MR) is 111 cm³/mol. The first kappa shape index (κ1) is 20.8. The molecule has 3 aliphatic rings. The van der Waals surface area contributed by atoms with E-state index in [-0.39, 0.29) is 18.0 Å². The van der Waals surface area contributed by atoms with Gasteiger partial charge in [0.25, 0.3) is 0 Å². The summed E-state index contributed by atoms with van der Waals surface area (Å²) < 4.78 is 0. The lowest BCUT2D eigenvalue weighted by Crippen LogP contribution is -2.36. The highest BCUT2D eigenvalue weighted by atomic mass is 32.2. The fourth-order valence-corrected chi connectivity index (χ4v) is 5.88. The summed E-state index contributed by atoms with van der Waals surface area (Å²) in [6, 6.07) is 0.549. The van der Waals surface area contributed by atoms with Crippen molar-refractivity contribution in [3.63, 3.8) is 0 Å². The molecular formula is C20H36N4O2S. The first-order valence-corrected chi connectivity index (χ1v) is 11.8. The summed E-state index contributed by atoms with van der Waals surface area (Å²) in [6.45, 7) is 6.82. The monoisotopic (exact) mass is 396 g/mol. The maximum atomic E-state index is 12.0. The molecule has 154 valence electrons. The van der Waals surface area contributed by atoms with Gasteiger partial charge in [0.05, 0.1) is 12.1 Å². The van der Waals surface area contributed by atoms with Crippen molar-refractivity contribution in [2.75, 3.05) is 31.9 Å². The van der Waals surface area contributed by atoms with E-state index < -0.39 is 0 Å². The largest absolute Gasteiger partial charge is 0.356 e. The summed E-state index contributed by atoms with van der Waals surface area (Å²) in [6.07, 6.45) is 8.61. The van der Waals surface area contributed by atoms with Crippen molar-refractivity contribution in [1.82, 2.24) is 20.9 Å². The van der Waals surface area contributed by atoms with Crippen LogP contribution in [0.4, 0.5) is 4.79 Å². The van der Waals surface area contributed by atoms with Gasteiger partial charge >= 0.3 is 6.03 Å². The Labute approximate surface area is 168 Å². The van der Waals surface area contributed by atoms with Crippen LogP contribution in [0.5, 0.6) is 0 Å². The highest BCUT2D eigenvalue weighted by Crippen LogP contribution is 2.33. The number of nitrogens with zero attached hydrogens (tertiary/aromatic N) is 1. The van der Waals surface area contributed by atoms with Crippen molar-refractivity contribution >= 4 is 23.7 Å². The van der Waals surface area contributed by atoms with Gasteiger partial charge in [-0.2, -0.15) is 11.8 Å². The van der Waals surface area contributed by atoms with E-state index in [1.165, 1.54) is 38.9 Å². The average Bonchev–Trinajstić information content (AvgIpc) is 3.19. The zero-order valence-corrected chi connectivity index (χ0v) is 17.5. The number of carbonyl (C=O) groups excluding carboxylic acids is 2. The quantitative estimate of drug-likeness (QED) is 0.391. The number of rotatable bonds is 10. The van der Waals surface area contributed by atoms with E-state index in [1.807, 2.05) is 11.8 Å². The van der Waals surface area contributed by atoms with Gasteiger partial charge in [0, 0.05) is 24.0 Å². The van der Waals surface area contributed by atoms with Crippen molar-refractivity contribution in [3.05, 3.63) is 0 Å². The van der Waals surface area contributed by atoms with E-state index in [1.54, 1.807) is 0 Å². The fraction of sp³-hybridized carbons (Fsp3) is 0.900. The van der Waals surface area contributed by atoms with Crippen LogP contribution in [0.15, 0.2) is 0 Å². The Hall–Kier alpha value is -0.950. The van der Waals surface area contributed by atoms with Gasteiger partial charge in [-0.15, -0.1) is 0 Å². The van der Waals surface area contributed by atoms with E-state index in [9.17, 15) is 9.59 Å². The Kier molecular flexibility index (Phi) is 8.12. The molecule has 0 saturated carbocycles. The van der Waals surface area contributed by atoms with Crippen LogP contribution in [-0.2, 0) is 4.79 Å². The summed E-state index contributed by atoms with van der Waals surface area (Å²) in [5, 5.41) is 9.56. The number of carbonyl (C=O) groups is 2. The molecule has 0 bridgehead atoms. The van der Waals surface area contributed by atoms with Crippen molar-refractivity contribution in [1.29, 1.82) is 0 Å². The number of hydrogen-bond acceptors (Lipinski definition) is 4. The Bertz CT molecular complexity index is 496. The highest BCUT2D eigenvalue weighted by Gasteiger charge is 2.42. The number of amides is 3. The second kappa shape index (κ2) is 10.6. The zero-order chi connectivity index (χ0) is 19.1. The van der Waals surface area contributed by atoms with Crippen LogP contribution >= 0.6 is 11.8 Å². The molecule has 3 fully saturated rings. The SMILES string of the molecule is CC1CCN(CCCCNC(=O)CCCC[C@@H]2SC[C@@H]3NC(=O)N[C@@H]32)CC1. The molecule has 6 nitrogen and oxygen atoms in total. The molecule has 0 spiro atoms. The third kappa shape index (κ3) is 6.56. The van der Waals surface area contributed by atoms with E-state index >= 15 is 0 Å². The van der Waals surface area contributed by atoms with Crippen LogP contribution < -0.4 is 16.0 Å². The molecule has 7 heteroatoms. The lowest BCUT2D eigenvalue weighted by Gasteiger charge is -2.30. The number of likely N-dealkylation sites (tertiary alicyclic amines) is 1. The first-order valence-electron chi connectivity index (χ1n) is 10.8. The normalized spacial score (nSPS) is 28.6. The summed E-state index contributed by atoms with van der Waals surface area (Å²) in [5.41, 5.74) is 0. The van der Waals surface area contributed by atoms with Crippen LogP contribution in [0, 0.1) is 5.92 Å².